The lowest BCUT2D eigenvalue weighted by Gasteiger charge is -2.31. The molecule has 3 aliphatic rings. The van der Waals surface area contributed by atoms with Crippen molar-refractivity contribution in [3.63, 3.8) is 0 Å². The Morgan fingerprint density at radius 3 is 2.82 bits per heavy atom. The number of rotatable bonds is 4. The smallest absolute Gasteiger partial charge is 0.247 e. The van der Waals surface area contributed by atoms with E-state index < -0.39 is 0 Å². The number of hydrogen-bond acceptors (Lipinski definition) is 6. The van der Waals surface area contributed by atoms with Crippen LogP contribution in [0.25, 0.3) is 11.5 Å². The van der Waals surface area contributed by atoms with Crippen LogP contribution in [0.1, 0.15) is 56.8 Å². The van der Waals surface area contributed by atoms with Gasteiger partial charge in [0.15, 0.2) is 11.5 Å². The predicted octanol–water partition coefficient (Wildman–Crippen LogP) is 3.75. The van der Waals surface area contributed by atoms with Gasteiger partial charge in [-0.15, -0.1) is 10.2 Å². The molecule has 1 aliphatic carbocycles. The van der Waals surface area contributed by atoms with E-state index in [-0.39, 0.29) is 18.6 Å². The maximum absolute atomic E-state index is 12.7. The number of carbonyl (C=O) groups excluding carboxylic acids is 1. The lowest BCUT2D eigenvalue weighted by molar-refractivity contribution is -0.133. The lowest BCUT2D eigenvalue weighted by atomic mass is 9.96. The van der Waals surface area contributed by atoms with Gasteiger partial charge < -0.3 is 18.8 Å². The van der Waals surface area contributed by atoms with Crippen LogP contribution in [0.15, 0.2) is 22.6 Å². The fraction of sp³-hybridized carbons (Fsp3) is 0.571. The number of benzene rings is 1. The molecule has 1 unspecified atom stereocenters. The molecule has 1 atom stereocenters. The molecule has 1 amide bonds. The average molecular weight is 383 g/mol. The second kappa shape index (κ2) is 7.45. The molecular formula is C21H25N3O4. The van der Waals surface area contributed by atoms with Gasteiger partial charge in [-0.2, -0.15) is 0 Å². The summed E-state index contributed by atoms with van der Waals surface area (Å²) >= 11 is 0. The summed E-state index contributed by atoms with van der Waals surface area (Å²) in [5, 5.41) is 8.50. The van der Waals surface area contributed by atoms with Gasteiger partial charge in [0.1, 0.15) is 0 Å². The number of aromatic nitrogens is 2. The van der Waals surface area contributed by atoms with E-state index in [4.69, 9.17) is 13.9 Å². The van der Waals surface area contributed by atoms with Crippen LogP contribution in [0.3, 0.4) is 0 Å². The van der Waals surface area contributed by atoms with E-state index in [0.717, 1.165) is 30.7 Å². The zero-order valence-corrected chi connectivity index (χ0v) is 15.9. The molecule has 1 saturated carbocycles. The largest absolute Gasteiger partial charge is 0.454 e. The minimum Gasteiger partial charge on any atom is -0.454 e. The number of likely N-dealkylation sites (tertiary alicyclic amines) is 1. The number of ether oxygens (including phenoxy) is 2. The van der Waals surface area contributed by atoms with Crippen molar-refractivity contribution in [1.29, 1.82) is 0 Å². The van der Waals surface area contributed by atoms with Crippen LogP contribution in [-0.2, 0) is 4.79 Å². The van der Waals surface area contributed by atoms with Crippen LogP contribution in [0.2, 0.25) is 0 Å². The number of amides is 1. The molecule has 0 N–H and O–H groups in total. The third kappa shape index (κ3) is 3.45. The third-order valence-electron chi connectivity index (χ3n) is 6.12. The van der Waals surface area contributed by atoms with Gasteiger partial charge in [-0.25, -0.2) is 0 Å². The molecule has 28 heavy (non-hydrogen) atoms. The average Bonchev–Trinajstić information content (AvgIpc) is 3.48. The maximum Gasteiger partial charge on any atom is 0.247 e. The van der Waals surface area contributed by atoms with Crippen LogP contribution in [0.4, 0.5) is 0 Å². The Labute approximate surface area is 164 Å². The molecule has 148 valence electrons. The molecule has 1 aromatic carbocycles. The molecule has 7 heteroatoms. The van der Waals surface area contributed by atoms with Gasteiger partial charge >= 0.3 is 0 Å². The fourth-order valence-corrected chi connectivity index (χ4v) is 4.54. The SMILES string of the molecule is O=C(CC1CCCC1)N1CCCC(c2nnc(-c3ccc4c(c3)OCO4)o2)C1. The fourth-order valence-electron chi connectivity index (χ4n) is 4.54. The maximum atomic E-state index is 12.7. The Morgan fingerprint density at radius 1 is 1.07 bits per heavy atom. The van der Waals surface area contributed by atoms with Crippen LogP contribution in [0.5, 0.6) is 11.5 Å². The summed E-state index contributed by atoms with van der Waals surface area (Å²) in [6, 6.07) is 5.60. The summed E-state index contributed by atoms with van der Waals surface area (Å²) in [4.78, 5) is 14.7. The van der Waals surface area contributed by atoms with Crippen molar-refractivity contribution in [2.75, 3.05) is 19.9 Å². The van der Waals surface area contributed by atoms with Crippen molar-refractivity contribution in [2.45, 2.75) is 50.9 Å². The number of hydrogen-bond donors (Lipinski definition) is 0. The van der Waals surface area contributed by atoms with Crippen molar-refractivity contribution >= 4 is 5.91 Å². The van der Waals surface area contributed by atoms with E-state index in [2.05, 4.69) is 10.2 Å². The highest BCUT2D eigenvalue weighted by atomic mass is 16.7. The lowest BCUT2D eigenvalue weighted by Crippen LogP contribution is -2.39. The van der Waals surface area contributed by atoms with Gasteiger partial charge in [0, 0.05) is 25.1 Å². The highest BCUT2D eigenvalue weighted by Gasteiger charge is 2.30. The van der Waals surface area contributed by atoms with E-state index in [9.17, 15) is 4.79 Å². The Bertz CT molecular complexity index is 859. The minimum atomic E-state index is 0.108. The van der Waals surface area contributed by atoms with E-state index in [0.29, 0.717) is 36.4 Å². The number of nitrogens with zero attached hydrogens (tertiary/aromatic N) is 3. The Balaban J connectivity index is 1.26. The van der Waals surface area contributed by atoms with Gasteiger partial charge in [-0.05, 0) is 49.8 Å². The molecule has 1 aromatic heterocycles. The normalized spacial score (nSPS) is 22.0. The minimum absolute atomic E-state index is 0.108. The second-order valence-electron chi connectivity index (χ2n) is 8.05. The van der Waals surface area contributed by atoms with Crippen molar-refractivity contribution in [1.82, 2.24) is 15.1 Å². The summed E-state index contributed by atoms with van der Waals surface area (Å²) in [5.41, 5.74) is 0.813. The highest BCUT2D eigenvalue weighted by molar-refractivity contribution is 5.76. The van der Waals surface area contributed by atoms with E-state index in [1.807, 2.05) is 23.1 Å². The molecule has 1 saturated heterocycles. The molecule has 0 spiro atoms. The van der Waals surface area contributed by atoms with Gasteiger partial charge in [-0.1, -0.05) is 12.8 Å². The molecule has 5 rings (SSSR count). The van der Waals surface area contributed by atoms with E-state index >= 15 is 0 Å². The van der Waals surface area contributed by atoms with Gasteiger partial charge in [-0.3, -0.25) is 4.79 Å². The van der Waals surface area contributed by atoms with Crippen LogP contribution in [0, 0.1) is 5.92 Å². The number of carbonyl (C=O) groups is 1. The summed E-state index contributed by atoms with van der Waals surface area (Å²) < 4.78 is 16.7. The summed E-state index contributed by atoms with van der Waals surface area (Å²) in [5.74, 6) is 3.48. The molecule has 7 nitrogen and oxygen atoms in total. The number of fused-ring (bicyclic) bond motifs is 1. The van der Waals surface area contributed by atoms with Crippen LogP contribution in [-0.4, -0.2) is 40.9 Å². The highest BCUT2D eigenvalue weighted by Crippen LogP contribution is 2.36. The molecule has 3 heterocycles. The van der Waals surface area contributed by atoms with E-state index in [1.165, 1.54) is 25.7 Å². The summed E-state index contributed by atoms with van der Waals surface area (Å²) in [7, 11) is 0. The summed E-state index contributed by atoms with van der Waals surface area (Å²) in [6.07, 6.45) is 7.57. The molecule has 0 bridgehead atoms. The van der Waals surface area contributed by atoms with Crippen molar-refractivity contribution < 1.29 is 18.7 Å². The van der Waals surface area contributed by atoms with Crippen molar-refractivity contribution in [2.24, 2.45) is 5.92 Å². The first kappa shape index (κ1) is 17.5. The molecule has 2 fully saturated rings. The third-order valence-corrected chi connectivity index (χ3v) is 6.12. The molecular weight excluding hydrogens is 358 g/mol. The first-order chi connectivity index (χ1) is 13.8. The van der Waals surface area contributed by atoms with E-state index in [1.54, 1.807) is 0 Å². The molecule has 0 radical (unpaired) electrons. The van der Waals surface area contributed by atoms with Crippen molar-refractivity contribution in [3.8, 4) is 23.0 Å². The monoisotopic (exact) mass is 383 g/mol. The quantitative estimate of drug-likeness (QED) is 0.800. The molecule has 2 aromatic rings. The van der Waals surface area contributed by atoms with Gasteiger partial charge in [0.25, 0.3) is 0 Å². The first-order valence-corrected chi connectivity index (χ1v) is 10.3. The van der Waals surface area contributed by atoms with Crippen molar-refractivity contribution in [3.05, 3.63) is 24.1 Å². The van der Waals surface area contributed by atoms with Crippen LogP contribution < -0.4 is 9.47 Å². The summed E-state index contributed by atoms with van der Waals surface area (Å²) in [6.45, 7) is 1.75. The standard InChI is InChI=1S/C21H25N3O4/c25-19(10-14-4-1-2-5-14)24-9-3-6-16(12-24)21-23-22-20(28-21)15-7-8-17-18(11-15)27-13-26-17/h7-8,11,14,16H,1-6,9-10,12-13H2. The number of piperidine rings is 1. The predicted molar refractivity (Wildman–Crippen MR) is 101 cm³/mol. The Morgan fingerprint density at radius 2 is 1.93 bits per heavy atom. The topological polar surface area (TPSA) is 77.7 Å². The Hall–Kier alpha value is -2.57. The zero-order valence-electron chi connectivity index (χ0n) is 15.9. The molecule has 2 aliphatic heterocycles. The van der Waals surface area contributed by atoms with Gasteiger partial charge in [0.2, 0.25) is 24.5 Å². The Kier molecular flexibility index (Phi) is 4.66. The zero-order chi connectivity index (χ0) is 18.9. The van der Waals surface area contributed by atoms with Crippen LogP contribution >= 0.6 is 0 Å². The van der Waals surface area contributed by atoms with Gasteiger partial charge in [0.05, 0.1) is 5.92 Å². The first-order valence-electron chi connectivity index (χ1n) is 10.3. The second-order valence-corrected chi connectivity index (χ2v) is 8.05.